The second-order valence-electron chi connectivity index (χ2n) is 4.28. The molecule has 18 heavy (non-hydrogen) atoms. The first-order chi connectivity index (χ1) is 8.70. The molecule has 2 aliphatic rings. The summed E-state index contributed by atoms with van der Waals surface area (Å²) in [7, 11) is 0. The summed E-state index contributed by atoms with van der Waals surface area (Å²) in [6.45, 7) is 3.35. The highest BCUT2D eigenvalue weighted by Crippen LogP contribution is 2.16. The molecule has 0 aromatic heterocycles. The summed E-state index contributed by atoms with van der Waals surface area (Å²) in [4.78, 5) is 16.9. The van der Waals surface area contributed by atoms with Crippen molar-refractivity contribution in [3.8, 4) is 0 Å². The molecule has 2 N–H and O–H groups in total. The van der Waals surface area contributed by atoms with Crippen LogP contribution in [0.4, 0.5) is 0 Å². The molecule has 1 fully saturated rings. The van der Waals surface area contributed by atoms with Crippen molar-refractivity contribution in [2.24, 2.45) is 0 Å². The Morgan fingerprint density at radius 1 is 1.44 bits per heavy atom. The molecule has 0 spiro atoms. The molecule has 0 saturated carbocycles. The minimum absolute atomic E-state index is 0.130. The third kappa shape index (κ3) is 2.87. The van der Waals surface area contributed by atoms with Gasteiger partial charge in [-0.05, 0) is 31.9 Å². The average Bonchev–Trinajstić information content (AvgIpc) is 2.84. The Balaban J connectivity index is 2.01. The lowest BCUT2D eigenvalue weighted by atomic mass is 10.1. The molecule has 96 valence electrons. The summed E-state index contributed by atoms with van der Waals surface area (Å²) in [6.07, 6.45) is 8.66. The lowest BCUT2D eigenvalue weighted by molar-refractivity contribution is -0.113. The Labute approximate surface area is 106 Å². The number of dihydropyridines is 1. The summed E-state index contributed by atoms with van der Waals surface area (Å²) in [5, 5.41) is 12.1. The Morgan fingerprint density at radius 3 is 2.67 bits per heavy atom. The zero-order valence-electron chi connectivity index (χ0n) is 10.4. The predicted molar refractivity (Wildman–Crippen MR) is 68.7 cm³/mol. The van der Waals surface area contributed by atoms with Crippen molar-refractivity contribution in [1.82, 2.24) is 10.4 Å². The number of nitrogens with zero attached hydrogens (tertiary/aromatic N) is 1. The van der Waals surface area contributed by atoms with Crippen LogP contribution in [-0.4, -0.2) is 30.2 Å². The first-order valence-corrected chi connectivity index (χ1v) is 6.04. The van der Waals surface area contributed by atoms with Crippen LogP contribution in [0.3, 0.4) is 0 Å². The molecule has 0 aromatic rings. The van der Waals surface area contributed by atoms with Crippen LogP contribution in [-0.2, 0) is 9.63 Å². The number of ketones is 1. The highest BCUT2D eigenvalue weighted by molar-refractivity contribution is 6.12. The molecule has 5 nitrogen and oxygen atoms in total. The molecule has 0 radical (unpaired) electrons. The van der Waals surface area contributed by atoms with Crippen molar-refractivity contribution in [2.45, 2.75) is 19.8 Å². The number of Topliss-reactive ketones (excluding diaryl/α,β-unsaturated/α-hetero) is 1. The van der Waals surface area contributed by atoms with Crippen molar-refractivity contribution in [3.05, 3.63) is 35.4 Å². The normalized spacial score (nSPS) is 22.2. The summed E-state index contributed by atoms with van der Waals surface area (Å²) >= 11 is 0. The van der Waals surface area contributed by atoms with E-state index in [4.69, 9.17) is 10.2 Å². The van der Waals surface area contributed by atoms with Gasteiger partial charge in [0.25, 0.3) is 0 Å². The first-order valence-electron chi connectivity index (χ1n) is 6.04. The number of hydrogen-bond donors (Lipinski definition) is 2. The maximum atomic E-state index is 11.3. The van der Waals surface area contributed by atoms with E-state index in [1.165, 1.54) is 6.92 Å². The van der Waals surface area contributed by atoms with Crippen LogP contribution in [0, 0.1) is 5.41 Å². The number of carbonyl (C=O) groups is 1. The third-order valence-electron chi connectivity index (χ3n) is 2.90. The number of hydroxylamine groups is 2. The maximum Gasteiger partial charge on any atom is 0.163 e. The molecule has 2 heterocycles. The van der Waals surface area contributed by atoms with Crippen molar-refractivity contribution < 1.29 is 9.63 Å². The van der Waals surface area contributed by atoms with Crippen molar-refractivity contribution in [3.63, 3.8) is 0 Å². The van der Waals surface area contributed by atoms with Crippen LogP contribution < -0.4 is 5.32 Å². The van der Waals surface area contributed by atoms with Gasteiger partial charge in [0.15, 0.2) is 11.5 Å². The quantitative estimate of drug-likeness (QED) is 0.584. The highest BCUT2D eigenvalue weighted by Gasteiger charge is 2.15. The molecule has 0 bridgehead atoms. The topological polar surface area (TPSA) is 65.4 Å². The molecular formula is C13H17N3O2. The lowest BCUT2D eigenvalue weighted by Gasteiger charge is -2.19. The van der Waals surface area contributed by atoms with Gasteiger partial charge in [-0.1, -0.05) is 0 Å². The predicted octanol–water partition coefficient (Wildman–Crippen LogP) is 1.51. The van der Waals surface area contributed by atoms with Crippen molar-refractivity contribution >= 4 is 12.0 Å². The molecular weight excluding hydrogens is 230 g/mol. The molecule has 0 amide bonds. The van der Waals surface area contributed by atoms with Crippen molar-refractivity contribution in [2.75, 3.05) is 13.1 Å². The van der Waals surface area contributed by atoms with Gasteiger partial charge in [0.1, 0.15) is 0 Å². The second kappa shape index (κ2) is 5.64. The van der Waals surface area contributed by atoms with E-state index in [2.05, 4.69) is 5.32 Å². The van der Waals surface area contributed by atoms with E-state index >= 15 is 0 Å². The number of rotatable bonds is 4. The van der Waals surface area contributed by atoms with Crippen LogP contribution >= 0.6 is 0 Å². The molecule has 0 atom stereocenters. The van der Waals surface area contributed by atoms with Crippen LogP contribution in [0.1, 0.15) is 19.8 Å². The average molecular weight is 247 g/mol. The van der Waals surface area contributed by atoms with Crippen LogP contribution in [0.15, 0.2) is 35.4 Å². The second-order valence-corrected chi connectivity index (χ2v) is 4.28. The largest absolute Gasteiger partial charge is 0.404 e. The van der Waals surface area contributed by atoms with E-state index in [9.17, 15) is 4.79 Å². The Morgan fingerprint density at radius 2 is 2.17 bits per heavy atom. The standard InChI is InChI=1S/C13H17N3O2/c1-10(17)12(8-14)13-5-4-11(9-15-13)18-16-6-2-3-7-16/h4-5,8-9,14-15H,2-3,6-7H2,1H3/b13-12+,14-8?. The Bertz CT molecular complexity index is 443. The van der Waals surface area contributed by atoms with Crippen molar-refractivity contribution in [1.29, 1.82) is 5.41 Å². The first kappa shape index (κ1) is 12.6. The van der Waals surface area contributed by atoms with E-state index in [0.717, 1.165) is 32.1 Å². The minimum Gasteiger partial charge on any atom is -0.404 e. The SMILES string of the molecule is CC(=O)/C(C=N)=C1\C=CC(ON2CCCC2)=CN1. The molecule has 0 aliphatic carbocycles. The summed E-state index contributed by atoms with van der Waals surface area (Å²) in [5.41, 5.74) is 0.994. The van der Waals surface area contributed by atoms with E-state index in [1.54, 1.807) is 18.4 Å². The zero-order chi connectivity index (χ0) is 13.0. The van der Waals surface area contributed by atoms with Crippen LogP contribution in [0.5, 0.6) is 0 Å². The summed E-state index contributed by atoms with van der Waals surface area (Å²) in [6, 6.07) is 0. The molecule has 1 saturated heterocycles. The zero-order valence-corrected chi connectivity index (χ0v) is 10.4. The Kier molecular flexibility index (Phi) is 3.94. The lowest BCUT2D eigenvalue weighted by Crippen LogP contribution is -2.22. The number of allylic oxidation sites excluding steroid dienone is 3. The van der Waals surface area contributed by atoms with E-state index in [-0.39, 0.29) is 5.78 Å². The molecule has 2 aliphatic heterocycles. The van der Waals surface area contributed by atoms with Gasteiger partial charge in [0.05, 0.1) is 11.3 Å². The fraction of sp³-hybridized carbons (Fsp3) is 0.385. The Hall–Kier alpha value is -1.88. The van der Waals surface area contributed by atoms with Gasteiger partial charge in [-0.25, -0.2) is 0 Å². The van der Waals surface area contributed by atoms with Gasteiger partial charge < -0.3 is 15.6 Å². The maximum absolute atomic E-state index is 11.3. The number of hydrogen-bond acceptors (Lipinski definition) is 5. The molecule has 5 heteroatoms. The summed E-state index contributed by atoms with van der Waals surface area (Å²) in [5.74, 6) is 0.586. The van der Waals surface area contributed by atoms with Crippen LogP contribution in [0.25, 0.3) is 0 Å². The number of carbonyl (C=O) groups excluding carboxylic acids is 1. The van der Waals surface area contributed by atoms with E-state index < -0.39 is 0 Å². The van der Waals surface area contributed by atoms with Gasteiger partial charge in [-0.15, -0.1) is 5.06 Å². The van der Waals surface area contributed by atoms with Gasteiger partial charge in [0, 0.05) is 25.5 Å². The minimum atomic E-state index is -0.130. The molecule has 2 rings (SSSR count). The molecule has 0 aromatic carbocycles. The monoisotopic (exact) mass is 247 g/mol. The van der Waals surface area contributed by atoms with Gasteiger partial charge in [0.2, 0.25) is 0 Å². The van der Waals surface area contributed by atoms with E-state index in [1.807, 2.05) is 5.06 Å². The van der Waals surface area contributed by atoms with Gasteiger partial charge in [-0.3, -0.25) is 4.79 Å². The highest BCUT2D eigenvalue weighted by atomic mass is 16.7. The number of nitrogens with one attached hydrogen (secondary N) is 2. The fourth-order valence-electron chi connectivity index (χ4n) is 1.93. The van der Waals surface area contributed by atoms with Crippen LogP contribution in [0.2, 0.25) is 0 Å². The third-order valence-corrected chi connectivity index (χ3v) is 2.90. The summed E-state index contributed by atoms with van der Waals surface area (Å²) < 4.78 is 0. The van der Waals surface area contributed by atoms with Gasteiger partial charge >= 0.3 is 0 Å². The van der Waals surface area contributed by atoms with E-state index in [0.29, 0.717) is 17.0 Å². The van der Waals surface area contributed by atoms with Gasteiger partial charge in [-0.2, -0.15) is 0 Å². The fourth-order valence-corrected chi connectivity index (χ4v) is 1.93. The smallest absolute Gasteiger partial charge is 0.163 e. The molecule has 0 unspecified atom stereocenters.